The minimum absolute atomic E-state index is 0.0797. The summed E-state index contributed by atoms with van der Waals surface area (Å²) in [5.74, 6) is -0.280. The minimum Gasteiger partial charge on any atom is -0.274 e. The van der Waals surface area contributed by atoms with Crippen molar-refractivity contribution in [2.45, 2.75) is 97.3 Å². The van der Waals surface area contributed by atoms with E-state index in [-0.39, 0.29) is 11.8 Å². The van der Waals surface area contributed by atoms with Crippen LogP contribution >= 0.6 is 0 Å². The molecule has 0 saturated heterocycles. The Bertz CT molecular complexity index is 902. The number of hydrogen-bond acceptors (Lipinski definition) is 2. The Morgan fingerprint density at radius 3 is 2.00 bits per heavy atom. The molecular formula is C29H39NO2. The van der Waals surface area contributed by atoms with Gasteiger partial charge in [0, 0.05) is 13.3 Å². The number of anilines is 1. The zero-order valence-electron chi connectivity index (χ0n) is 20.0. The van der Waals surface area contributed by atoms with Crippen molar-refractivity contribution in [3.05, 3.63) is 53.6 Å². The van der Waals surface area contributed by atoms with Crippen LogP contribution in [0.2, 0.25) is 0 Å². The number of rotatable bonds is 13. The quantitative estimate of drug-likeness (QED) is 0.257. The smallest absolute Gasteiger partial charge is 0.233 e. The number of benzene rings is 2. The summed E-state index contributed by atoms with van der Waals surface area (Å²) < 4.78 is 0. The predicted octanol–water partition coefficient (Wildman–Crippen LogP) is 7.84. The molecule has 0 bridgehead atoms. The third kappa shape index (κ3) is 6.54. The molecule has 0 atom stereocenters. The maximum absolute atomic E-state index is 12.9. The van der Waals surface area contributed by atoms with E-state index in [9.17, 15) is 9.59 Å². The molecule has 172 valence electrons. The highest BCUT2D eigenvalue weighted by molar-refractivity contribution is 6.14. The molecule has 2 aromatic rings. The predicted molar refractivity (Wildman–Crippen MR) is 134 cm³/mol. The first-order valence-electron chi connectivity index (χ1n) is 12.7. The van der Waals surface area contributed by atoms with E-state index < -0.39 is 0 Å². The van der Waals surface area contributed by atoms with Crippen LogP contribution in [-0.4, -0.2) is 11.8 Å². The standard InChI is InChI=1S/C29H39NO2/c1-3-4-5-6-7-8-9-10-11-12-13-18-29(32)30(23(2)31)26-19-20-28-25(22-26)21-24-16-14-15-17-27(24)28/h14-17,19-20,22H,3-13,18,21H2,1-2H3. The first-order chi connectivity index (χ1) is 15.6. The molecule has 3 heteroatoms. The monoisotopic (exact) mass is 433 g/mol. The lowest BCUT2D eigenvalue weighted by atomic mass is 10.0. The van der Waals surface area contributed by atoms with Crippen LogP contribution in [0.15, 0.2) is 42.5 Å². The van der Waals surface area contributed by atoms with Gasteiger partial charge in [-0.1, -0.05) is 101 Å². The van der Waals surface area contributed by atoms with Crippen molar-refractivity contribution in [1.82, 2.24) is 0 Å². The molecule has 0 radical (unpaired) electrons. The van der Waals surface area contributed by atoms with Gasteiger partial charge in [0.05, 0.1) is 5.69 Å². The maximum Gasteiger partial charge on any atom is 0.233 e. The van der Waals surface area contributed by atoms with E-state index >= 15 is 0 Å². The van der Waals surface area contributed by atoms with E-state index in [2.05, 4.69) is 37.3 Å². The molecule has 2 amide bonds. The van der Waals surface area contributed by atoms with Crippen LogP contribution in [0.3, 0.4) is 0 Å². The summed E-state index contributed by atoms with van der Waals surface area (Å²) in [7, 11) is 0. The molecule has 1 aliphatic rings. The molecule has 2 aromatic carbocycles. The second kappa shape index (κ2) is 12.6. The summed E-state index contributed by atoms with van der Waals surface area (Å²) in [4.78, 5) is 26.6. The van der Waals surface area contributed by atoms with Crippen molar-refractivity contribution < 1.29 is 9.59 Å². The Kier molecular flexibility index (Phi) is 9.52. The average molecular weight is 434 g/mol. The molecular weight excluding hydrogens is 394 g/mol. The number of fused-ring (bicyclic) bond motifs is 3. The van der Waals surface area contributed by atoms with Crippen LogP contribution in [0.25, 0.3) is 11.1 Å². The molecule has 0 aromatic heterocycles. The van der Waals surface area contributed by atoms with Gasteiger partial charge in [-0.25, -0.2) is 0 Å². The van der Waals surface area contributed by atoms with Gasteiger partial charge in [-0.2, -0.15) is 0 Å². The summed E-state index contributed by atoms with van der Waals surface area (Å²) in [5.41, 5.74) is 5.68. The number of imide groups is 1. The number of amides is 2. The van der Waals surface area contributed by atoms with E-state index in [1.165, 1.54) is 91.9 Å². The zero-order valence-corrected chi connectivity index (χ0v) is 20.0. The van der Waals surface area contributed by atoms with Crippen LogP contribution in [0.5, 0.6) is 0 Å². The van der Waals surface area contributed by atoms with Crippen molar-refractivity contribution in [2.75, 3.05) is 4.90 Å². The lowest BCUT2D eigenvalue weighted by Crippen LogP contribution is -2.35. The van der Waals surface area contributed by atoms with Gasteiger partial charge in [0.15, 0.2) is 0 Å². The molecule has 0 spiro atoms. The van der Waals surface area contributed by atoms with E-state index in [1.54, 1.807) is 0 Å². The highest BCUT2D eigenvalue weighted by Crippen LogP contribution is 2.38. The highest BCUT2D eigenvalue weighted by Gasteiger charge is 2.23. The minimum atomic E-state index is -0.200. The molecule has 1 aliphatic carbocycles. The van der Waals surface area contributed by atoms with Crippen molar-refractivity contribution in [1.29, 1.82) is 0 Å². The van der Waals surface area contributed by atoms with Crippen molar-refractivity contribution >= 4 is 17.5 Å². The summed E-state index contributed by atoms with van der Waals surface area (Å²) in [5, 5.41) is 0. The normalized spacial score (nSPS) is 11.8. The van der Waals surface area contributed by atoms with E-state index in [0.717, 1.165) is 19.3 Å². The zero-order chi connectivity index (χ0) is 22.8. The Hall–Kier alpha value is -2.42. The van der Waals surface area contributed by atoms with Crippen molar-refractivity contribution in [3.8, 4) is 11.1 Å². The molecule has 32 heavy (non-hydrogen) atoms. The number of hydrogen-bond donors (Lipinski definition) is 0. The summed E-state index contributed by atoms with van der Waals surface area (Å²) >= 11 is 0. The van der Waals surface area contributed by atoms with Gasteiger partial charge in [0.2, 0.25) is 11.8 Å². The molecule has 0 heterocycles. The van der Waals surface area contributed by atoms with Gasteiger partial charge in [0.25, 0.3) is 0 Å². The molecule has 3 rings (SSSR count). The van der Waals surface area contributed by atoms with Gasteiger partial charge in [0.1, 0.15) is 0 Å². The fourth-order valence-electron chi connectivity index (χ4n) is 4.82. The van der Waals surface area contributed by atoms with Crippen molar-refractivity contribution in [2.24, 2.45) is 0 Å². The summed E-state index contributed by atoms with van der Waals surface area (Å²) in [6.45, 7) is 3.74. The number of nitrogens with zero attached hydrogens (tertiary/aromatic N) is 1. The van der Waals surface area contributed by atoms with Gasteiger partial charge >= 0.3 is 0 Å². The fourth-order valence-corrected chi connectivity index (χ4v) is 4.82. The fraction of sp³-hybridized carbons (Fsp3) is 0.517. The largest absolute Gasteiger partial charge is 0.274 e. The lowest BCUT2D eigenvalue weighted by Gasteiger charge is -2.20. The second-order valence-corrected chi connectivity index (χ2v) is 9.21. The van der Waals surface area contributed by atoms with Gasteiger partial charge in [-0.3, -0.25) is 14.5 Å². The van der Waals surface area contributed by atoms with Gasteiger partial charge < -0.3 is 0 Å². The van der Waals surface area contributed by atoms with E-state index in [4.69, 9.17) is 0 Å². The molecule has 0 unspecified atom stereocenters. The van der Waals surface area contributed by atoms with Crippen molar-refractivity contribution in [3.63, 3.8) is 0 Å². The van der Waals surface area contributed by atoms with Crippen LogP contribution < -0.4 is 4.90 Å². The first-order valence-corrected chi connectivity index (χ1v) is 12.7. The molecule has 3 nitrogen and oxygen atoms in total. The summed E-state index contributed by atoms with van der Waals surface area (Å²) in [6, 6.07) is 14.4. The van der Waals surface area contributed by atoms with E-state index in [0.29, 0.717) is 12.1 Å². The lowest BCUT2D eigenvalue weighted by molar-refractivity contribution is -0.125. The number of carbonyl (C=O) groups is 2. The average Bonchev–Trinajstić information content (AvgIpc) is 3.15. The Labute approximate surface area is 194 Å². The van der Waals surface area contributed by atoms with Crippen LogP contribution in [0.1, 0.15) is 102 Å². The van der Waals surface area contributed by atoms with Crippen LogP contribution in [-0.2, 0) is 16.0 Å². The molecule has 0 fully saturated rings. The highest BCUT2D eigenvalue weighted by atomic mass is 16.2. The molecule has 0 aliphatic heterocycles. The maximum atomic E-state index is 12.9. The van der Waals surface area contributed by atoms with E-state index in [1.807, 2.05) is 12.1 Å². The number of carbonyl (C=O) groups excluding carboxylic acids is 2. The Balaban J connectivity index is 1.43. The Morgan fingerprint density at radius 1 is 0.750 bits per heavy atom. The Morgan fingerprint density at radius 2 is 1.34 bits per heavy atom. The SMILES string of the molecule is CCCCCCCCCCCCCC(=O)N(C(C)=O)c1ccc2c(c1)Cc1ccccc1-2. The topological polar surface area (TPSA) is 37.4 Å². The van der Waals surface area contributed by atoms with Crippen LogP contribution in [0.4, 0.5) is 5.69 Å². The third-order valence-electron chi connectivity index (χ3n) is 6.59. The second-order valence-electron chi connectivity index (χ2n) is 9.21. The van der Waals surface area contributed by atoms with Gasteiger partial charge in [-0.15, -0.1) is 0 Å². The molecule has 0 N–H and O–H groups in total. The number of unbranched alkanes of at least 4 members (excludes halogenated alkanes) is 10. The van der Waals surface area contributed by atoms with Gasteiger partial charge in [-0.05, 0) is 47.2 Å². The first kappa shape index (κ1) is 24.2. The third-order valence-corrected chi connectivity index (χ3v) is 6.59. The summed E-state index contributed by atoms with van der Waals surface area (Å²) in [6.07, 6.45) is 15.1. The van der Waals surface area contributed by atoms with Crippen LogP contribution in [0, 0.1) is 0 Å². The molecule has 0 saturated carbocycles.